The monoisotopic (exact) mass is 414 g/mol. The van der Waals surface area contributed by atoms with Gasteiger partial charge in [0.05, 0.1) is 50.8 Å². The standard InChI is InChI=1S/C16H22O8.C3H4O2/c17-5-7-21-9-11-23-15(19)13-3-1-2-4-14(13)16(20)24-12-10-22-8-6-18;1-2-3(4)5/h1-4,17-18H,5-12H2;2H,1H2,(H,4,5). The first-order valence-electron chi connectivity index (χ1n) is 8.63. The Hall–Kier alpha value is -2.79. The van der Waals surface area contributed by atoms with Crippen molar-refractivity contribution in [1.82, 2.24) is 0 Å². The molecular formula is C19H26O10. The summed E-state index contributed by atoms with van der Waals surface area (Å²) in [5.41, 5.74) is 0.196. The molecule has 0 aliphatic carbocycles. The zero-order valence-corrected chi connectivity index (χ0v) is 16.0. The third kappa shape index (κ3) is 13.1. The Kier molecular flexibility index (Phi) is 15.7. The van der Waals surface area contributed by atoms with E-state index in [1.54, 1.807) is 12.1 Å². The number of benzene rings is 1. The zero-order chi connectivity index (χ0) is 21.9. The first-order chi connectivity index (χ1) is 14.0. The summed E-state index contributed by atoms with van der Waals surface area (Å²) in [6.45, 7) is 3.41. The minimum absolute atomic E-state index is 0.0111. The number of carbonyl (C=O) groups excluding carboxylic acids is 2. The van der Waals surface area contributed by atoms with Gasteiger partial charge in [-0.05, 0) is 12.1 Å². The molecule has 0 spiro atoms. The van der Waals surface area contributed by atoms with Gasteiger partial charge in [0.2, 0.25) is 0 Å². The normalized spacial score (nSPS) is 9.72. The van der Waals surface area contributed by atoms with E-state index in [1.165, 1.54) is 12.1 Å². The minimum Gasteiger partial charge on any atom is -0.478 e. The fourth-order valence-electron chi connectivity index (χ4n) is 1.71. The van der Waals surface area contributed by atoms with Gasteiger partial charge >= 0.3 is 17.9 Å². The number of hydrogen-bond donors (Lipinski definition) is 3. The van der Waals surface area contributed by atoms with Crippen LogP contribution >= 0.6 is 0 Å². The molecule has 1 aromatic carbocycles. The largest absolute Gasteiger partial charge is 0.478 e. The molecule has 162 valence electrons. The lowest BCUT2D eigenvalue weighted by Crippen LogP contribution is -2.18. The predicted molar refractivity (Wildman–Crippen MR) is 101 cm³/mol. The number of rotatable bonds is 13. The first-order valence-corrected chi connectivity index (χ1v) is 8.63. The molecule has 29 heavy (non-hydrogen) atoms. The molecule has 0 saturated carbocycles. The maximum Gasteiger partial charge on any atom is 0.339 e. The van der Waals surface area contributed by atoms with Crippen molar-refractivity contribution in [2.75, 3.05) is 52.9 Å². The SMILES string of the molecule is C=CC(=O)O.O=C(OCCOCCO)c1ccccc1C(=O)OCCOCCO. The molecule has 3 N–H and O–H groups in total. The molecular weight excluding hydrogens is 388 g/mol. The number of aliphatic hydroxyl groups is 2. The van der Waals surface area contributed by atoms with Crippen LogP contribution in [0, 0.1) is 0 Å². The van der Waals surface area contributed by atoms with E-state index < -0.39 is 17.9 Å². The second kappa shape index (κ2) is 17.3. The van der Waals surface area contributed by atoms with E-state index in [2.05, 4.69) is 6.58 Å². The topological polar surface area (TPSA) is 149 Å². The van der Waals surface area contributed by atoms with Crippen LogP contribution in [0.2, 0.25) is 0 Å². The molecule has 10 nitrogen and oxygen atoms in total. The Bertz CT molecular complexity index is 584. The van der Waals surface area contributed by atoms with Crippen molar-refractivity contribution in [3.05, 3.63) is 48.0 Å². The second-order valence-corrected chi connectivity index (χ2v) is 5.03. The first kappa shape index (κ1) is 26.2. The summed E-state index contributed by atoms with van der Waals surface area (Å²) in [6, 6.07) is 6.16. The fraction of sp³-hybridized carbons (Fsp3) is 0.421. The van der Waals surface area contributed by atoms with Crippen LogP contribution in [0.25, 0.3) is 0 Å². The Morgan fingerprint density at radius 1 is 0.793 bits per heavy atom. The summed E-state index contributed by atoms with van der Waals surface area (Å²) in [5.74, 6) is -2.30. The summed E-state index contributed by atoms with van der Waals surface area (Å²) in [7, 11) is 0. The molecule has 0 atom stereocenters. The molecule has 0 fully saturated rings. The highest BCUT2D eigenvalue weighted by Gasteiger charge is 2.18. The molecule has 0 unspecified atom stereocenters. The van der Waals surface area contributed by atoms with Crippen molar-refractivity contribution in [1.29, 1.82) is 0 Å². The lowest BCUT2D eigenvalue weighted by Gasteiger charge is -2.10. The molecule has 0 aliphatic heterocycles. The molecule has 0 aromatic heterocycles. The van der Waals surface area contributed by atoms with Gasteiger partial charge in [0.1, 0.15) is 13.2 Å². The van der Waals surface area contributed by atoms with Crippen molar-refractivity contribution in [3.8, 4) is 0 Å². The third-order valence-electron chi connectivity index (χ3n) is 2.93. The predicted octanol–water partition coefficient (Wildman–Crippen LogP) is 0.275. The van der Waals surface area contributed by atoms with Crippen LogP contribution in [0.4, 0.5) is 0 Å². The summed E-state index contributed by atoms with van der Waals surface area (Å²) in [4.78, 5) is 33.3. The van der Waals surface area contributed by atoms with Crippen LogP contribution in [-0.4, -0.2) is 86.1 Å². The maximum atomic E-state index is 12.0. The van der Waals surface area contributed by atoms with Gasteiger partial charge in [0.15, 0.2) is 0 Å². The Balaban J connectivity index is 0.00000139. The number of carboxylic acids is 1. The molecule has 0 radical (unpaired) electrons. The van der Waals surface area contributed by atoms with Gasteiger partial charge in [-0.15, -0.1) is 0 Å². The molecule has 1 aromatic rings. The number of ether oxygens (including phenoxy) is 4. The van der Waals surface area contributed by atoms with E-state index in [0.717, 1.165) is 6.08 Å². The van der Waals surface area contributed by atoms with Gasteiger partial charge in [-0.25, -0.2) is 14.4 Å². The van der Waals surface area contributed by atoms with Crippen molar-refractivity contribution in [2.24, 2.45) is 0 Å². The molecule has 0 amide bonds. The van der Waals surface area contributed by atoms with Crippen LogP contribution < -0.4 is 0 Å². The van der Waals surface area contributed by atoms with Gasteiger partial charge in [-0.2, -0.15) is 0 Å². The van der Waals surface area contributed by atoms with E-state index in [-0.39, 0.29) is 64.0 Å². The number of carbonyl (C=O) groups is 3. The molecule has 0 heterocycles. The second-order valence-electron chi connectivity index (χ2n) is 5.03. The van der Waals surface area contributed by atoms with E-state index in [9.17, 15) is 14.4 Å². The van der Waals surface area contributed by atoms with Crippen molar-refractivity contribution in [3.63, 3.8) is 0 Å². The molecule has 1 rings (SSSR count). The number of carboxylic acid groups (broad SMARTS) is 1. The molecule has 0 bridgehead atoms. The third-order valence-corrected chi connectivity index (χ3v) is 2.93. The fourth-order valence-corrected chi connectivity index (χ4v) is 1.71. The highest BCUT2D eigenvalue weighted by molar-refractivity contribution is 6.03. The van der Waals surface area contributed by atoms with Gasteiger partial charge in [0.25, 0.3) is 0 Å². The van der Waals surface area contributed by atoms with E-state index in [0.29, 0.717) is 0 Å². The lowest BCUT2D eigenvalue weighted by molar-refractivity contribution is -0.131. The summed E-state index contributed by atoms with van der Waals surface area (Å²) in [6.07, 6.45) is 0.833. The smallest absolute Gasteiger partial charge is 0.339 e. The summed E-state index contributed by atoms with van der Waals surface area (Å²) < 4.78 is 20.0. The number of esters is 2. The van der Waals surface area contributed by atoms with Gasteiger partial charge < -0.3 is 34.3 Å². The molecule has 0 aliphatic rings. The van der Waals surface area contributed by atoms with E-state index in [1.807, 2.05) is 0 Å². The number of hydrogen-bond acceptors (Lipinski definition) is 9. The van der Waals surface area contributed by atoms with E-state index >= 15 is 0 Å². The Labute approximate surface area is 168 Å². The maximum absolute atomic E-state index is 12.0. The average molecular weight is 414 g/mol. The minimum atomic E-state index is -0.981. The quantitative estimate of drug-likeness (QED) is 0.233. The zero-order valence-electron chi connectivity index (χ0n) is 16.0. The van der Waals surface area contributed by atoms with Crippen LogP contribution in [-0.2, 0) is 23.7 Å². The van der Waals surface area contributed by atoms with Gasteiger partial charge in [-0.3, -0.25) is 0 Å². The van der Waals surface area contributed by atoms with Crippen LogP contribution in [0.1, 0.15) is 20.7 Å². The van der Waals surface area contributed by atoms with Crippen molar-refractivity contribution < 1.29 is 48.7 Å². The summed E-state index contributed by atoms with van der Waals surface area (Å²) >= 11 is 0. The van der Waals surface area contributed by atoms with Crippen molar-refractivity contribution >= 4 is 17.9 Å². The lowest BCUT2D eigenvalue weighted by atomic mass is 10.1. The van der Waals surface area contributed by atoms with Crippen LogP contribution in [0.3, 0.4) is 0 Å². The van der Waals surface area contributed by atoms with Crippen molar-refractivity contribution in [2.45, 2.75) is 0 Å². The van der Waals surface area contributed by atoms with Crippen LogP contribution in [0.5, 0.6) is 0 Å². The highest BCUT2D eigenvalue weighted by atomic mass is 16.6. The summed E-state index contributed by atoms with van der Waals surface area (Å²) in [5, 5.41) is 24.7. The highest BCUT2D eigenvalue weighted by Crippen LogP contribution is 2.12. The van der Waals surface area contributed by atoms with Crippen LogP contribution in [0.15, 0.2) is 36.9 Å². The van der Waals surface area contributed by atoms with Gasteiger partial charge in [0, 0.05) is 6.08 Å². The van der Waals surface area contributed by atoms with Gasteiger partial charge in [-0.1, -0.05) is 18.7 Å². The Morgan fingerprint density at radius 3 is 1.48 bits per heavy atom. The Morgan fingerprint density at radius 2 is 1.17 bits per heavy atom. The average Bonchev–Trinajstić information content (AvgIpc) is 2.73. The number of aliphatic hydroxyl groups excluding tert-OH is 2. The number of aliphatic carboxylic acids is 1. The molecule has 10 heteroatoms. The van der Waals surface area contributed by atoms with E-state index in [4.69, 9.17) is 34.3 Å². The molecule has 0 saturated heterocycles.